The second-order valence-electron chi connectivity index (χ2n) is 4.68. The van der Waals surface area contributed by atoms with E-state index in [0.29, 0.717) is 11.1 Å². The smallest absolute Gasteiger partial charge is 0.339 e. The van der Waals surface area contributed by atoms with Gasteiger partial charge < -0.3 is 9.47 Å². The third-order valence-electron chi connectivity index (χ3n) is 3.35. The standard InChI is InChI=1S/C15H17NO3/c1-18-15(17)14-6-5-11(8-12(14)10-16)9-13-4-2-3-7-19-13/h5-6,8,13H,2-4,7,9H2,1H3. The number of benzene rings is 1. The highest BCUT2D eigenvalue weighted by Crippen LogP contribution is 2.19. The molecule has 1 aromatic rings. The second kappa shape index (κ2) is 6.35. The Kier molecular flexibility index (Phi) is 4.53. The molecule has 1 fully saturated rings. The molecule has 100 valence electrons. The summed E-state index contributed by atoms with van der Waals surface area (Å²) >= 11 is 0. The molecule has 0 N–H and O–H groups in total. The van der Waals surface area contributed by atoms with Crippen LogP contribution in [0.1, 0.15) is 40.7 Å². The van der Waals surface area contributed by atoms with Crippen LogP contribution in [0, 0.1) is 11.3 Å². The monoisotopic (exact) mass is 259 g/mol. The van der Waals surface area contributed by atoms with E-state index >= 15 is 0 Å². The van der Waals surface area contributed by atoms with E-state index in [1.165, 1.54) is 13.5 Å². The van der Waals surface area contributed by atoms with Gasteiger partial charge in [0.1, 0.15) is 6.07 Å². The molecule has 0 aromatic heterocycles. The Bertz CT molecular complexity index is 499. The van der Waals surface area contributed by atoms with Crippen LogP contribution in [0.25, 0.3) is 0 Å². The normalized spacial score (nSPS) is 18.6. The molecule has 4 nitrogen and oxygen atoms in total. The first-order valence-corrected chi connectivity index (χ1v) is 6.47. The van der Waals surface area contributed by atoms with E-state index in [1.54, 1.807) is 12.1 Å². The average molecular weight is 259 g/mol. The summed E-state index contributed by atoms with van der Waals surface area (Å²) in [6.45, 7) is 0.815. The number of rotatable bonds is 3. The fourth-order valence-electron chi connectivity index (χ4n) is 2.33. The van der Waals surface area contributed by atoms with E-state index < -0.39 is 5.97 Å². The Labute approximate surface area is 112 Å². The molecule has 0 saturated carbocycles. The van der Waals surface area contributed by atoms with E-state index in [1.807, 2.05) is 12.1 Å². The van der Waals surface area contributed by atoms with Gasteiger partial charge in [-0.25, -0.2) is 4.79 Å². The molecule has 0 aliphatic carbocycles. The third-order valence-corrected chi connectivity index (χ3v) is 3.35. The molecule has 1 atom stereocenters. The molecule has 4 heteroatoms. The molecule has 1 saturated heterocycles. The molecule has 0 spiro atoms. The fraction of sp³-hybridized carbons (Fsp3) is 0.467. The van der Waals surface area contributed by atoms with Crippen LogP contribution in [-0.2, 0) is 15.9 Å². The minimum absolute atomic E-state index is 0.226. The van der Waals surface area contributed by atoms with Crippen molar-refractivity contribution in [1.29, 1.82) is 5.26 Å². The maximum Gasteiger partial charge on any atom is 0.339 e. The van der Waals surface area contributed by atoms with Crippen LogP contribution in [0.2, 0.25) is 0 Å². The van der Waals surface area contributed by atoms with Crippen LogP contribution in [0.3, 0.4) is 0 Å². The molecular formula is C15H17NO3. The van der Waals surface area contributed by atoms with Crippen molar-refractivity contribution in [2.75, 3.05) is 13.7 Å². The highest BCUT2D eigenvalue weighted by atomic mass is 16.5. The summed E-state index contributed by atoms with van der Waals surface area (Å²) in [7, 11) is 1.31. The minimum atomic E-state index is -0.475. The molecule has 1 aromatic carbocycles. The Morgan fingerprint density at radius 1 is 1.53 bits per heavy atom. The van der Waals surface area contributed by atoms with Gasteiger partial charge in [0.25, 0.3) is 0 Å². The molecule has 19 heavy (non-hydrogen) atoms. The van der Waals surface area contributed by atoms with Gasteiger partial charge in [0.05, 0.1) is 24.3 Å². The Balaban J connectivity index is 2.14. The third kappa shape index (κ3) is 3.33. The summed E-state index contributed by atoms with van der Waals surface area (Å²) in [6, 6.07) is 7.32. The quantitative estimate of drug-likeness (QED) is 0.782. The van der Waals surface area contributed by atoms with Crippen molar-refractivity contribution >= 4 is 5.97 Å². The van der Waals surface area contributed by atoms with E-state index in [-0.39, 0.29) is 6.10 Å². The average Bonchev–Trinajstić information content (AvgIpc) is 2.47. The van der Waals surface area contributed by atoms with E-state index in [2.05, 4.69) is 4.74 Å². The maximum absolute atomic E-state index is 11.5. The number of esters is 1. The molecule has 1 heterocycles. The molecule has 0 bridgehead atoms. The Morgan fingerprint density at radius 3 is 3.00 bits per heavy atom. The lowest BCUT2D eigenvalue weighted by molar-refractivity contribution is 0.0168. The number of nitriles is 1. The predicted octanol–water partition coefficient (Wildman–Crippen LogP) is 2.46. The summed E-state index contributed by atoms with van der Waals surface area (Å²) in [5.74, 6) is -0.475. The van der Waals surface area contributed by atoms with Gasteiger partial charge >= 0.3 is 5.97 Å². The lowest BCUT2D eigenvalue weighted by Crippen LogP contribution is -2.21. The van der Waals surface area contributed by atoms with Crippen molar-refractivity contribution in [3.8, 4) is 6.07 Å². The van der Waals surface area contributed by atoms with Crippen LogP contribution in [0.15, 0.2) is 18.2 Å². The number of hydrogen-bond acceptors (Lipinski definition) is 4. The number of methoxy groups -OCH3 is 1. The van der Waals surface area contributed by atoms with Gasteiger partial charge in [-0.1, -0.05) is 6.07 Å². The zero-order valence-electron chi connectivity index (χ0n) is 11.0. The Hall–Kier alpha value is -1.86. The Morgan fingerprint density at radius 2 is 2.37 bits per heavy atom. The topological polar surface area (TPSA) is 59.3 Å². The molecule has 0 amide bonds. The van der Waals surface area contributed by atoms with Crippen molar-refractivity contribution in [2.24, 2.45) is 0 Å². The highest BCUT2D eigenvalue weighted by molar-refractivity contribution is 5.92. The zero-order valence-corrected chi connectivity index (χ0v) is 11.0. The van der Waals surface area contributed by atoms with Crippen molar-refractivity contribution < 1.29 is 14.3 Å². The first-order chi connectivity index (χ1) is 9.24. The number of carbonyl (C=O) groups is 1. The van der Waals surface area contributed by atoms with Crippen LogP contribution < -0.4 is 0 Å². The van der Waals surface area contributed by atoms with E-state index in [9.17, 15) is 4.79 Å². The molecule has 2 rings (SSSR count). The highest BCUT2D eigenvalue weighted by Gasteiger charge is 2.17. The summed E-state index contributed by atoms with van der Waals surface area (Å²) in [6.07, 6.45) is 4.39. The number of ether oxygens (including phenoxy) is 2. The fourth-order valence-corrected chi connectivity index (χ4v) is 2.33. The molecule has 1 aliphatic rings. The molecule has 1 unspecified atom stereocenters. The first-order valence-electron chi connectivity index (χ1n) is 6.47. The molecular weight excluding hydrogens is 242 g/mol. The summed E-state index contributed by atoms with van der Waals surface area (Å²) in [5, 5.41) is 9.10. The van der Waals surface area contributed by atoms with Crippen molar-refractivity contribution in [1.82, 2.24) is 0 Å². The van der Waals surface area contributed by atoms with Crippen LogP contribution in [-0.4, -0.2) is 25.8 Å². The number of carbonyl (C=O) groups excluding carboxylic acids is 1. The van der Waals surface area contributed by atoms with Gasteiger partial charge in [-0.2, -0.15) is 5.26 Å². The first kappa shape index (κ1) is 13.6. The minimum Gasteiger partial charge on any atom is -0.465 e. The summed E-state index contributed by atoms with van der Waals surface area (Å²) < 4.78 is 10.3. The van der Waals surface area contributed by atoms with Crippen LogP contribution in [0.5, 0.6) is 0 Å². The van der Waals surface area contributed by atoms with Crippen LogP contribution >= 0.6 is 0 Å². The van der Waals surface area contributed by atoms with Crippen molar-refractivity contribution in [3.05, 3.63) is 34.9 Å². The molecule has 0 radical (unpaired) electrons. The van der Waals surface area contributed by atoms with Gasteiger partial charge in [0.2, 0.25) is 0 Å². The van der Waals surface area contributed by atoms with Crippen molar-refractivity contribution in [3.63, 3.8) is 0 Å². The predicted molar refractivity (Wildman–Crippen MR) is 69.8 cm³/mol. The summed E-state index contributed by atoms with van der Waals surface area (Å²) in [4.78, 5) is 11.5. The van der Waals surface area contributed by atoms with Gasteiger partial charge in [-0.05, 0) is 43.4 Å². The zero-order chi connectivity index (χ0) is 13.7. The lowest BCUT2D eigenvalue weighted by Gasteiger charge is -2.22. The number of hydrogen-bond donors (Lipinski definition) is 0. The van der Waals surface area contributed by atoms with Crippen molar-refractivity contribution in [2.45, 2.75) is 31.8 Å². The lowest BCUT2D eigenvalue weighted by atomic mass is 9.98. The van der Waals surface area contributed by atoms with Gasteiger partial charge in [0.15, 0.2) is 0 Å². The van der Waals surface area contributed by atoms with Gasteiger partial charge in [-0.3, -0.25) is 0 Å². The largest absolute Gasteiger partial charge is 0.465 e. The van der Waals surface area contributed by atoms with E-state index in [0.717, 1.165) is 31.4 Å². The SMILES string of the molecule is COC(=O)c1ccc(CC2CCCCO2)cc1C#N. The van der Waals surface area contributed by atoms with Gasteiger partial charge in [-0.15, -0.1) is 0 Å². The van der Waals surface area contributed by atoms with Crippen LogP contribution in [0.4, 0.5) is 0 Å². The molecule has 1 aliphatic heterocycles. The second-order valence-corrected chi connectivity index (χ2v) is 4.68. The summed E-state index contributed by atoms with van der Waals surface area (Å²) in [5.41, 5.74) is 1.70. The van der Waals surface area contributed by atoms with Gasteiger partial charge in [0, 0.05) is 6.61 Å². The maximum atomic E-state index is 11.5. The number of nitrogens with zero attached hydrogens (tertiary/aromatic N) is 1. The van der Waals surface area contributed by atoms with E-state index in [4.69, 9.17) is 10.00 Å².